The third-order valence-corrected chi connectivity index (χ3v) is 2.67. The van der Waals surface area contributed by atoms with Crippen molar-refractivity contribution in [2.24, 2.45) is 5.92 Å². The maximum absolute atomic E-state index is 8.76. The largest absolute Gasteiger partial charge is 0.309 e. The predicted octanol–water partition coefficient (Wildman–Crippen LogP) is 3.28. The van der Waals surface area contributed by atoms with Gasteiger partial charge in [0.15, 0.2) is 0 Å². The van der Waals surface area contributed by atoms with E-state index in [2.05, 4.69) is 42.6 Å². The van der Waals surface area contributed by atoms with E-state index in [1.54, 1.807) is 0 Å². The van der Waals surface area contributed by atoms with E-state index >= 15 is 0 Å². The summed E-state index contributed by atoms with van der Waals surface area (Å²) in [6, 6.07) is 13.1. The Balaban J connectivity index is 2.58. The molecule has 0 heterocycles. The number of benzene rings is 1. The lowest BCUT2D eigenvalue weighted by molar-refractivity contribution is 0.469. The molecule has 0 saturated heterocycles. The van der Waals surface area contributed by atoms with E-state index in [1.165, 1.54) is 5.56 Å². The maximum Gasteiger partial charge on any atom is 0.0666 e. The van der Waals surface area contributed by atoms with E-state index in [9.17, 15) is 0 Å². The topological polar surface area (TPSA) is 35.8 Å². The Morgan fingerprint density at radius 1 is 1.31 bits per heavy atom. The van der Waals surface area contributed by atoms with E-state index in [0.717, 1.165) is 19.4 Å². The fourth-order valence-corrected chi connectivity index (χ4v) is 1.73. The van der Waals surface area contributed by atoms with Crippen LogP contribution in [0.3, 0.4) is 0 Å². The van der Waals surface area contributed by atoms with E-state index in [-0.39, 0.29) is 5.92 Å². The first-order chi connectivity index (χ1) is 7.77. The van der Waals surface area contributed by atoms with Crippen molar-refractivity contribution in [3.05, 3.63) is 35.9 Å². The van der Waals surface area contributed by atoms with E-state index in [4.69, 9.17) is 5.26 Å². The van der Waals surface area contributed by atoms with Gasteiger partial charge in [-0.05, 0) is 18.9 Å². The van der Waals surface area contributed by atoms with Gasteiger partial charge in [0.2, 0.25) is 0 Å². The van der Waals surface area contributed by atoms with E-state index in [0.29, 0.717) is 6.04 Å². The second-order valence-corrected chi connectivity index (χ2v) is 4.19. The molecule has 0 aliphatic rings. The van der Waals surface area contributed by atoms with Crippen molar-refractivity contribution in [1.29, 1.82) is 5.26 Å². The minimum absolute atomic E-state index is 0.0723. The summed E-state index contributed by atoms with van der Waals surface area (Å²) in [5.74, 6) is 0.0723. The molecule has 2 atom stereocenters. The predicted molar refractivity (Wildman–Crippen MR) is 66.9 cm³/mol. The first kappa shape index (κ1) is 12.7. The molecule has 0 fully saturated rings. The summed E-state index contributed by atoms with van der Waals surface area (Å²) in [5, 5.41) is 12.2. The van der Waals surface area contributed by atoms with Crippen LogP contribution in [-0.2, 0) is 0 Å². The number of rotatable bonds is 6. The molecule has 0 radical (unpaired) electrons. The number of hydrogen-bond donors (Lipinski definition) is 1. The van der Waals surface area contributed by atoms with Crippen LogP contribution in [0, 0.1) is 17.2 Å². The van der Waals surface area contributed by atoms with Crippen LogP contribution < -0.4 is 5.32 Å². The van der Waals surface area contributed by atoms with Gasteiger partial charge in [-0.2, -0.15) is 5.26 Å². The quantitative estimate of drug-likeness (QED) is 0.792. The van der Waals surface area contributed by atoms with Crippen LogP contribution in [0.1, 0.15) is 38.3 Å². The lowest BCUT2D eigenvalue weighted by Gasteiger charge is -2.19. The lowest BCUT2D eigenvalue weighted by atomic mass is 10.0. The molecule has 0 aliphatic carbocycles. The third-order valence-electron chi connectivity index (χ3n) is 2.67. The van der Waals surface area contributed by atoms with Gasteiger partial charge in [0, 0.05) is 12.6 Å². The summed E-state index contributed by atoms with van der Waals surface area (Å²) in [4.78, 5) is 0. The summed E-state index contributed by atoms with van der Waals surface area (Å²) >= 11 is 0. The molecule has 0 aromatic heterocycles. The maximum atomic E-state index is 8.76. The van der Waals surface area contributed by atoms with E-state index in [1.807, 2.05) is 13.0 Å². The van der Waals surface area contributed by atoms with Crippen LogP contribution in [0.15, 0.2) is 30.3 Å². The Kier molecular flexibility index (Phi) is 5.60. The van der Waals surface area contributed by atoms with Gasteiger partial charge in [-0.1, -0.05) is 43.7 Å². The van der Waals surface area contributed by atoms with Gasteiger partial charge in [0.05, 0.1) is 12.0 Å². The van der Waals surface area contributed by atoms with Crippen LogP contribution in [-0.4, -0.2) is 6.54 Å². The third kappa shape index (κ3) is 4.04. The zero-order valence-electron chi connectivity index (χ0n) is 10.1. The number of nitrogens with one attached hydrogen (secondary N) is 1. The minimum atomic E-state index is 0.0723. The van der Waals surface area contributed by atoms with Gasteiger partial charge in [-0.25, -0.2) is 0 Å². The second kappa shape index (κ2) is 7.03. The summed E-state index contributed by atoms with van der Waals surface area (Å²) in [6.45, 7) is 4.89. The van der Waals surface area contributed by atoms with Crippen LogP contribution >= 0.6 is 0 Å². The van der Waals surface area contributed by atoms with Gasteiger partial charge in [-0.3, -0.25) is 0 Å². The Bertz CT molecular complexity index is 326. The van der Waals surface area contributed by atoms with Crippen molar-refractivity contribution in [2.45, 2.75) is 32.7 Å². The molecule has 1 aromatic rings. The number of nitrogens with zero attached hydrogens (tertiary/aromatic N) is 1. The smallest absolute Gasteiger partial charge is 0.0666 e. The van der Waals surface area contributed by atoms with Crippen LogP contribution in [0.25, 0.3) is 0 Å². The molecule has 0 bridgehead atoms. The summed E-state index contributed by atoms with van der Waals surface area (Å²) in [6.07, 6.45) is 2.26. The highest BCUT2D eigenvalue weighted by molar-refractivity contribution is 5.18. The monoisotopic (exact) mass is 216 g/mol. The SMILES string of the molecule is CCCC(NCC(C)C#N)c1ccccc1. The normalized spacial score (nSPS) is 14.1. The molecule has 0 aliphatic heterocycles. The highest BCUT2D eigenvalue weighted by atomic mass is 14.9. The van der Waals surface area contributed by atoms with Crippen LogP contribution in [0.5, 0.6) is 0 Å². The molecule has 0 saturated carbocycles. The average molecular weight is 216 g/mol. The standard InChI is InChI=1S/C14H20N2/c1-3-7-14(16-11-12(2)10-15)13-8-5-4-6-9-13/h4-6,8-9,12,14,16H,3,7,11H2,1-2H3. The van der Waals surface area contributed by atoms with Crippen molar-refractivity contribution in [1.82, 2.24) is 5.32 Å². The zero-order chi connectivity index (χ0) is 11.8. The Labute approximate surface area is 98.3 Å². The van der Waals surface area contributed by atoms with Crippen LogP contribution in [0.2, 0.25) is 0 Å². The van der Waals surface area contributed by atoms with Crippen molar-refractivity contribution in [3.63, 3.8) is 0 Å². The highest BCUT2D eigenvalue weighted by Gasteiger charge is 2.10. The summed E-state index contributed by atoms with van der Waals surface area (Å²) in [7, 11) is 0. The number of hydrogen-bond acceptors (Lipinski definition) is 2. The molecule has 0 amide bonds. The highest BCUT2D eigenvalue weighted by Crippen LogP contribution is 2.18. The Morgan fingerprint density at radius 2 is 2.00 bits per heavy atom. The fourth-order valence-electron chi connectivity index (χ4n) is 1.73. The molecule has 2 nitrogen and oxygen atoms in total. The van der Waals surface area contributed by atoms with E-state index < -0.39 is 0 Å². The molecule has 1 N–H and O–H groups in total. The first-order valence-electron chi connectivity index (χ1n) is 5.95. The molecular weight excluding hydrogens is 196 g/mol. The Morgan fingerprint density at radius 3 is 2.56 bits per heavy atom. The van der Waals surface area contributed by atoms with Gasteiger partial charge >= 0.3 is 0 Å². The zero-order valence-corrected chi connectivity index (χ0v) is 10.1. The molecule has 2 unspecified atom stereocenters. The van der Waals surface area contributed by atoms with Crippen LogP contribution in [0.4, 0.5) is 0 Å². The Hall–Kier alpha value is -1.33. The minimum Gasteiger partial charge on any atom is -0.309 e. The average Bonchev–Trinajstić information content (AvgIpc) is 2.35. The second-order valence-electron chi connectivity index (χ2n) is 4.19. The summed E-state index contributed by atoms with van der Waals surface area (Å²) < 4.78 is 0. The summed E-state index contributed by atoms with van der Waals surface area (Å²) in [5.41, 5.74) is 1.31. The molecule has 0 spiro atoms. The molecule has 86 valence electrons. The van der Waals surface area contributed by atoms with Gasteiger partial charge in [0.1, 0.15) is 0 Å². The van der Waals surface area contributed by atoms with Crippen molar-refractivity contribution in [3.8, 4) is 6.07 Å². The van der Waals surface area contributed by atoms with Crippen molar-refractivity contribution in [2.75, 3.05) is 6.54 Å². The number of nitriles is 1. The molecule has 2 heteroatoms. The van der Waals surface area contributed by atoms with Gasteiger partial charge < -0.3 is 5.32 Å². The van der Waals surface area contributed by atoms with Crippen molar-refractivity contribution >= 4 is 0 Å². The van der Waals surface area contributed by atoms with Gasteiger partial charge in [0.25, 0.3) is 0 Å². The lowest BCUT2D eigenvalue weighted by Crippen LogP contribution is -2.25. The molecule has 1 rings (SSSR count). The van der Waals surface area contributed by atoms with Crippen molar-refractivity contribution < 1.29 is 0 Å². The molecular formula is C14H20N2. The van der Waals surface area contributed by atoms with Gasteiger partial charge in [-0.15, -0.1) is 0 Å². The molecule has 1 aromatic carbocycles. The first-order valence-corrected chi connectivity index (χ1v) is 5.95. The molecule has 16 heavy (non-hydrogen) atoms. The fraction of sp³-hybridized carbons (Fsp3) is 0.500.